The highest BCUT2D eigenvalue weighted by molar-refractivity contribution is 5.22. The smallest absolute Gasteiger partial charge is 0.0205 e. The second-order valence-corrected chi connectivity index (χ2v) is 7.42. The summed E-state index contributed by atoms with van der Waals surface area (Å²) in [5.74, 6) is 0.728. The average molecular weight is 276 g/mol. The Balaban J connectivity index is 2.38. The monoisotopic (exact) mass is 276 g/mol. The molecule has 1 rings (SSSR count). The molecule has 0 saturated carbocycles. The normalized spacial score (nSPS) is 12.4. The third-order valence-corrected chi connectivity index (χ3v) is 3.34. The summed E-state index contributed by atoms with van der Waals surface area (Å²) in [6, 6.07) is 9.04. The molecule has 0 heterocycles. The third-order valence-electron chi connectivity index (χ3n) is 3.34. The van der Waals surface area contributed by atoms with Crippen LogP contribution in [0.4, 0.5) is 0 Å². The summed E-state index contributed by atoms with van der Waals surface area (Å²) in [6.45, 7) is 12.3. The van der Waals surface area contributed by atoms with E-state index in [0.29, 0.717) is 5.41 Å². The summed E-state index contributed by atoms with van der Waals surface area (Å²) in [4.78, 5) is 2.25. The van der Waals surface area contributed by atoms with E-state index < -0.39 is 0 Å². The van der Waals surface area contributed by atoms with Crippen LogP contribution in [0.15, 0.2) is 24.3 Å². The molecule has 2 heteroatoms. The summed E-state index contributed by atoms with van der Waals surface area (Å²) in [7, 11) is 4.27. The standard InChI is InChI=1S/C18H32N2/c1-15(2)11-16-7-9-17(10-8-16)12-19-13-18(3,4)14-20(5)6/h7-10,15,19H,11-14H2,1-6H3. The van der Waals surface area contributed by atoms with E-state index in [1.165, 1.54) is 17.5 Å². The van der Waals surface area contributed by atoms with Gasteiger partial charge in [0.1, 0.15) is 0 Å². The number of nitrogens with one attached hydrogen (secondary N) is 1. The molecule has 20 heavy (non-hydrogen) atoms. The van der Waals surface area contributed by atoms with Crippen LogP contribution >= 0.6 is 0 Å². The Morgan fingerprint density at radius 1 is 1.05 bits per heavy atom. The van der Waals surface area contributed by atoms with E-state index in [0.717, 1.165) is 25.6 Å². The van der Waals surface area contributed by atoms with E-state index in [1.807, 2.05) is 0 Å². The Morgan fingerprint density at radius 3 is 2.10 bits per heavy atom. The van der Waals surface area contributed by atoms with Gasteiger partial charge < -0.3 is 10.2 Å². The Kier molecular flexibility index (Phi) is 6.70. The Hall–Kier alpha value is -0.860. The lowest BCUT2D eigenvalue weighted by Gasteiger charge is -2.28. The summed E-state index contributed by atoms with van der Waals surface area (Å²) in [5.41, 5.74) is 3.12. The minimum Gasteiger partial charge on any atom is -0.312 e. The quantitative estimate of drug-likeness (QED) is 0.781. The first-order valence-electron chi connectivity index (χ1n) is 7.72. The molecule has 0 aliphatic heterocycles. The van der Waals surface area contributed by atoms with Crippen LogP contribution in [0.2, 0.25) is 0 Å². The first kappa shape index (κ1) is 17.2. The highest BCUT2D eigenvalue weighted by Crippen LogP contribution is 2.15. The first-order valence-corrected chi connectivity index (χ1v) is 7.72. The number of nitrogens with zero attached hydrogens (tertiary/aromatic N) is 1. The molecule has 114 valence electrons. The van der Waals surface area contributed by atoms with Crippen molar-refractivity contribution in [3.8, 4) is 0 Å². The van der Waals surface area contributed by atoms with Crippen LogP contribution in [0.25, 0.3) is 0 Å². The molecule has 2 nitrogen and oxygen atoms in total. The van der Waals surface area contributed by atoms with Gasteiger partial charge in [0.05, 0.1) is 0 Å². The zero-order valence-corrected chi connectivity index (χ0v) is 14.2. The molecule has 0 bridgehead atoms. The molecule has 0 saturated heterocycles. The van der Waals surface area contributed by atoms with Crippen LogP contribution in [-0.4, -0.2) is 32.1 Å². The molecule has 0 unspecified atom stereocenters. The molecule has 0 fully saturated rings. The van der Waals surface area contributed by atoms with Gasteiger partial charge in [-0.05, 0) is 43.0 Å². The lowest BCUT2D eigenvalue weighted by molar-refractivity contribution is 0.232. The van der Waals surface area contributed by atoms with E-state index in [2.05, 4.69) is 76.3 Å². The van der Waals surface area contributed by atoms with Crippen molar-refractivity contribution in [3.05, 3.63) is 35.4 Å². The van der Waals surface area contributed by atoms with Gasteiger partial charge in [0, 0.05) is 19.6 Å². The van der Waals surface area contributed by atoms with E-state index in [-0.39, 0.29) is 0 Å². The minimum atomic E-state index is 0.307. The molecule has 1 aromatic carbocycles. The molecule has 0 atom stereocenters. The fourth-order valence-corrected chi connectivity index (χ4v) is 2.72. The molecular weight excluding hydrogens is 244 g/mol. The summed E-state index contributed by atoms with van der Waals surface area (Å²) in [6.07, 6.45) is 1.17. The largest absolute Gasteiger partial charge is 0.312 e. The second kappa shape index (κ2) is 7.80. The lowest BCUT2D eigenvalue weighted by Crippen LogP contribution is -2.37. The van der Waals surface area contributed by atoms with Gasteiger partial charge in [0.15, 0.2) is 0 Å². The fourth-order valence-electron chi connectivity index (χ4n) is 2.72. The predicted octanol–water partition coefficient (Wildman–Crippen LogP) is 3.56. The van der Waals surface area contributed by atoms with Crippen LogP contribution in [0.1, 0.15) is 38.8 Å². The first-order chi connectivity index (χ1) is 9.28. The summed E-state index contributed by atoms with van der Waals surface area (Å²) in [5, 5.41) is 3.58. The van der Waals surface area contributed by atoms with E-state index in [4.69, 9.17) is 0 Å². The molecule has 1 N–H and O–H groups in total. The predicted molar refractivity (Wildman–Crippen MR) is 89.0 cm³/mol. The molecule has 0 amide bonds. The van der Waals surface area contributed by atoms with Gasteiger partial charge in [-0.2, -0.15) is 0 Å². The molecule has 0 aliphatic rings. The van der Waals surface area contributed by atoms with E-state index in [9.17, 15) is 0 Å². The summed E-state index contributed by atoms with van der Waals surface area (Å²) >= 11 is 0. The van der Waals surface area contributed by atoms with Crippen molar-refractivity contribution < 1.29 is 0 Å². The van der Waals surface area contributed by atoms with Crippen LogP contribution in [-0.2, 0) is 13.0 Å². The van der Waals surface area contributed by atoms with Crippen LogP contribution in [0.5, 0.6) is 0 Å². The maximum Gasteiger partial charge on any atom is 0.0205 e. The molecule has 1 aromatic rings. The number of hydrogen-bond acceptors (Lipinski definition) is 2. The van der Waals surface area contributed by atoms with Crippen LogP contribution in [0, 0.1) is 11.3 Å². The van der Waals surface area contributed by atoms with Gasteiger partial charge in [-0.3, -0.25) is 0 Å². The van der Waals surface area contributed by atoms with Crippen molar-refractivity contribution in [1.29, 1.82) is 0 Å². The maximum absolute atomic E-state index is 3.58. The van der Waals surface area contributed by atoms with Gasteiger partial charge in [0.25, 0.3) is 0 Å². The topological polar surface area (TPSA) is 15.3 Å². The van der Waals surface area contributed by atoms with Crippen molar-refractivity contribution in [3.63, 3.8) is 0 Å². The average Bonchev–Trinajstić information content (AvgIpc) is 2.28. The Bertz CT molecular complexity index is 377. The highest BCUT2D eigenvalue weighted by atomic mass is 15.1. The molecule has 0 aromatic heterocycles. The van der Waals surface area contributed by atoms with Gasteiger partial charge in [-0.15, -0.1) is 0 Å². The SMILES string of the molecule is CC(C)Cc1ccc(CNCC(C)(C)CN(C)C)cc1. The number of hydrogen-bond donors (Lipinski definition) is 1. The number of rotatable bonds is 8. The molecule has 0 radical (unpaired) electrons. The van der Waals surface area contributed by atoms with Gasteiger partial charge in [-0.1, -0.05) is 52.0 Å². The van der Waals surface area contributed by atoms with E-state index in [1.54, 1.807) is 0 Å². The van der Waals surface area contributed by atoms with Gasteiger partial charge in [0.2, 0.25) is 0 Å². The second-order valence-electron chi connectivity index (χ2n) is 7.42. The molecule has 0 aliphatic carbocycles. The van der Waals surface area contributed by atoms with Crippen molar-refractivity contribution in [2.24, 2.45) is 11.3 Å². The van der Waals surface area contributed by atoms with Gasteiger partial charge in [-0.25, -0.2) is 0 Å². The van der Waals surface area contributed by atoms with Crippen LogP contribution < -0.4 is 5.32 Å². The van der Waals surface area contributed by atoms with Crippen molar-refractivity contribution in [1.82, 2.24) is 10.2 Å². The Morgan fingerprint density at radius 2 is 1.60 bits per heavy atom. The lowest BCUT2D eigenvalue weighted by atomic mass is 9.93. The third kappa shape index (κ3) is 7.06. The minimum absolute atomic E-state index is 0.307. The number of benzene rings is 1. The summed E-state index contributed by atoms with van der Waals surface area (Å²) < 4.78 is 0. The molecular formula is C18H32N2. The van der Waals surface area contributed by atoms with Gasteiger partial charge >= 0.3 is 0 Å². The fraction of sp³-hybridized carbons (Fsp3) is 0.667. The van der Waals surface area contributed by atoms with Crippen LogP contribution in [0.3, 0.4) is 0 Å². The van der Waals surface area contributed by atoms with Crippen molar-refractivity contribution in [2.45, 2.75) is 40.7 Å². The van der Waals surface area contributed by atoms with Crippen molar-refractivity contribution >= 4 is 0 Å². The molecule has 0 spiro atoms. The maximum atomic E-state index is 3.58. The Labute approximate surface area is 125 Å². The highest BCUT2D eigenvalue weighted by Gasteiger charge is 2.17. The van der Waals surface area contributed by atoms with Crippen molar-refractivity contribution in [2.75, 3.05) is 27.2 Å². The zero-order chi connectivity index (χ0) is 15.2. The zero-order valence-electron chi connectivity index (χ0n) is 14.2. The van der Waals surface area contributed by atoms with E-state index >= 15 is 0 Å².